The molecule has 2 fully saturated rings. The zero-order valence-electron chi connectivity index (χ0n) is 9.28. The number of rotatable bonds is 2. The predicted molar refractivity (Wildman–Crippen MR) is 62.0 cm³/mol. The van der Waals surface area contributed by atoms with E-state index in [1.165, 1.54) is 0 Å². The van der Waals surface area contributed by atoms with Crippen molar-refractivity contribution in [1.29, 1.82) is 0 Å². The number of carbonyl (C=O) groups excluding carboxylic acids is 1. The average Bonchev–Trinajstić information content (AvgIpc) is 2.55. The van der Waals surface area contributed by atoms with Crippen molar-refractivity contribution in [2.75, 3.05) is 13.1 Å². The highest BCUT2D eigenvalue weighted by Gasteiger charge is 2.37. The minimum absolute atomic E-state index is 0.0463. The second-order valence-corrected chi connectivity index (χ2v) is 5.83. The monoisotopic (exact) mass is 275 g/mol. The molecule has 2 aliphatic heterocycles. The molecule has 2 aliphatic rings. The van der Waals surface area contributed by atoms with Crippen molar-refractivity contribution in [3.63, 3.8) is 0 Å². The molecule has 86 valence electrons. The van der Waals surface area contributed by atoms with Gasteiger partial charge in [-0.2, -0.15) is 0 Å². The van der Waals surface area contributed by atoms with Gasteiger partial charge >= 0.3 is 0 Å². The molecule has 1 amide bonds. The van der Waals surface area contributed by atoms with Gasteiger partial charge in [0.15, 0.2) is 0 Å². The molecule has 2 heterocycles. The van der Waals surface area contributed by atoms with Gasteiger partial charge in [-0.05, 0) is 18.8 Å². The van der Waals surface area contributed by atoms with Crippen LogP contribution < -0.4 is 0 Å². The van der Waals surface area contributed by atoms with E-state index in [0.29, 0.717) is 18.1 Å². The Morgan fingerprint density at radius 2 is 1.87 bits per heavy atom. The summed E-state index contributed by atoms with van der Waals surface area (Å²) in [6, 6.07) is 0. The Bertz CT molecular complexity index is 245. The van der Waals surface area contributed by atoms with Gasteiger partial charge in [-0.3, -0.25) is 4.79 Å². The summed E-state index contributed by atoms with van der Waals surface area (Å²) in [5.41, 5.74) is 0. The van der Waals surface area contributed by atoms with Crippen LogP contribution >= 0.6 is 15.9 Å². The molecule has 2 saturated heterocycles. The van der Waals surface area contributed by atoms with Crippen LogP contribution in [0.2, 0.25) is 0 Å². The fourth-order valence-corrected chi connectivity index (χ4v) is 2.54. The third-order valence-corrected chi connectivity index (χ3v) is 4.63. The highest BCUT2D eigenvalue weighted by Crippen LogP contribution is 2.28. The average molecular weight is 276 g/mol. The van der Waals surface area contributed by atoms with Crippen molar-refractivity contribution in [1.82, 2.24) is 4.90 Å². The molecule has 15 heavy (non-hydrogen) atoms. The van der Waals surface area contributed by atoms with Gasteiger partial charge in [0, 0.05) is 13.1 Å². The molecule has 0 N–H and O–H groups in total. The van der Waals surface area contributed by atoms with E-state index < -0.39 is 0 Å². The fraction of sp³-hybridized carbons (Fsp3) is 0.909. The molecule has 2 bridgehead atoms. The van der Waals surface area contributed by atoms with Crippen LogP contribution in [0.4, 0.5) is 0 Å². The van der Waals surface area contributed by atoms with Gasteiger partial charge in [0.05, 0.1) is 17.0 Å². The molecule has 0 aromatic heterocycles. The molecule has 0 spiro atoms. The lowest BCUT2D eigenvalue weighted by atomic mass is 10.1. The van der Waals surface area contributed by atoms with Crippen LogP contribution in [0, 0.1) is 5.92 Å². The minimum atomic E-state index is -0.0463. The van der Waals surface area contributed by atoms with E-state index in [0.717, 1.165) is 25.9 Å². The van der Waals surface area contributed by atoms with Crippen LogP contribution in [-0.2, 0) is 9.53 Å². The van der Waals surface area contributed by atoms with Crippen LogP contribution in [0.25, 0.3) is 0 Å². The number of nitrogens with zero attached hydrogens (tertiary/aromatic N) is 1. The summed E-state index contributed by atoms with van der Waals surface area (Å²) < 4.78 is 5.71. The maximum Gasteiger partial charge on any atom is 0.236 e. The number of morpholine rings is 1. The van der Waals surface area contributed by atoms with Crippen molar-refractivity contribution in [3.8, 4) is 0 Å². The largest absolute Gasteiger partial charge is 0.371 e. The van der Waals surface area contributed by atoms with Crippen molar-refractivity contribution in [2.24, 2.45) is 5.92 Å². The summed E-state index contributed by atoms with van der Waals surface area (Å²) in [4.78, 5) is 14.0. The van der Waals surface area contributed by atoms with E-state index in [1.807, 2.05) is 4.90 Å². The van der Waals surface area contributed by atoms with Crippen molar-refractivity contribution in [3.05, 3.63) is 0 Å². The first kappa shape index (κ1) is 11.4. The van der Waals surface area contributed by atoms with Crippen LogP contribution in [-0.4, -0.2) is 40.9 Å². The standard InChI is InChI=1S/C11H18BrNO2/c1-7(2)10(12)11(14)13-5-8-3-4-9(6-13)15-8/h7-10H,3-6H2,1-2H3. The van der Waals surface area contributed by atoms with E-state index in [1.54, 1.807) is 0 Å². The molecule has 4 heteroatoms. The van der Waals surface area contributed by atoms with Gasteiger partial charge < -0.3 is 9.64 Å². The number of fused-ring (bicyclic) bond motifs is 2. The normalized spacial score (nSPS) is 32.1. The lowest BCUT2D eigenvalue weighted by Crippen LogP contribution is -2.49. The number of carbonyl (C=O) groups is 1. The van der Waals surface area contributed by atoms with E-state index in [9.17, 15) is 4.79 Å². The summed E-state index contributed by atoms with van der Waals surface area (Å²) >= 11 is 3.47. The highest BCUT2D eigenvalue weighted by molar-refractivity contribution is 9.10. The van der Waals surface area contributed by atoms with E-state index in [2.05, 4.69) is 29.8 Å². The Labute approximate surface area is 99.3 Å². The molecule has 2 rings (SSSR count). The molecular formula is C11H18BrNO2. The van der Waals surface area contributed by atoms with Crippen molar-refractivity contribution >= 4 is 21.8 Å². The first-order chi connectivity index (χ1) is 7.08. The summed E-state index contributed by atoms with van der Waals surface area (Å²) in [5, 5.41) is 0. The first-order valence-corrected chi connectivity index (χ1v) is 6.58. The zero-order valence-corrected chi connectivity index (χ0v) is 10.9. The molecule has 3 nitrogen and oxygen atoms in total. The summed E-state index contributed by atoms with van der Waals surface area (Å²) in [7, 11) is 0. The molecule has 0 radical (unpaired) electrons. The smallest absolute Gasteiger partial charge is 0.236 e. The quantitative estimate of drug-likeness (QED) is 0.720. The third-order valence-electron chi connectivity index (χ3n) is 3.18. The Morgan fingerprint density at radius 3 is 2.33 bits per heavy atom. The summed E-state index contributed by atoms with van der Waals surface area (Å²) in [6.07, 6.45) is 2.81. The second-order valence-electron chi connectivity index (χ2n) is 4.85. The molecule has 0 aliphatic carbocycles. The minimum Gasteiger partial charge on any atom is -0.371 e. The van der Waals surface area contributed by atoms with Gasteiger partial charge in [0.2, 0.25) is 5.91 Å². The van der Waals surface area contributed by atoms with E-state index in [-0.39, 0.29) is 10.7 Å². The van der Waals surface area contributed by atoms with Crippen molar-refractivity contribution < 1.29 is 9.53 Å². The molecule has 0 aromatic carbocycles. The molecule has 3 atom stereocenters. The van der Waals surface area contributed by atoms with Crippen LogP contribution in [0.3, 0.4) is 0 Å². The summed E-state index contributed by atoms with van der Waals surface area (Å²) in [5.74, 6) is 0.572. The number of hydrogen-bond donors (Lipinski definition) is 0. The SMILES string of the molecule is CC(C)C(Br)C(=O)N1CC2CCC(C1)O2. The van der Waals surface area contributed by atoms with Gasteiger partial charge in [0.1, 0.15) is 0 Å². The number of ether oxygens (including phenoxy) is 1. The summed E-state index contributed by atoms with van der Waals surface area (Å²) in [6.45, 7) is 5.69. The molecule has 0 aromatic rings. The third kappa shape index (κ3) is 2.36. The second kappa shape index (κ2) is 4.42. The molecule has 0 saturated carbocycles. The van der Waals surface area contributed by atoms with Gasteiger partial charge in [0.25, 0.3) is 0 Å². The van der Waals surface area contributed by atoms with Gasteiger partial charge in [-0.15, -0.1) is 0 Å². The fourth-order valence-electron chi connectivity index (χ4n) is 2.25. The number of hydrogen-bond acceptors (Lipinski definition) is 2. The molecular weight excluding hydrogens is 258 g/mol. The lowest BCUT2D eigenvalue weighted by molar-refractivity contribution is -0.139. The van der Waals surface area contributed by atoms with E-state index in [4.69, 9.17) is 4.74 Å². The Balaban J connectivity index is 1.96. The highest BCUT2D eigenvalue weighted by atomic mass is 79.9. The topological polar surface area (TPSA) is 29.5 Å². The molecule has 3 unspecified atom stereocenters. The maximum atomic E-state index is 12.1. The van der Waals surface area contributed by atoms with E-state index >= 15 is 0 Å². The van der Waals surface area contributed by atoms with Gasteiger partial charge in [-0.1, -0.05) is 29.8 Å². The maximum absolute atomic E-state index is 12.1. The van der Waals surface area contributed by atoms with Crippen molar-refractivity contribution in [2.45, 2.75) is 43.7 Å². The number of likely N-dealkylation sites (tertiary alicyclic amines) is 1. The number of amides is 1. The Kier molecular flexibility index (Phi) is 3.36. The lowest BCUT2D eigenvalue weighted by Gasteiger charge is -2.34. The van der Waals surface area contributed by atoms with Crippen LogP contribution in [0.5, 0.6) is 0 Å². The zero-order chi connectivity index (χ0) is 11.0. The Hall–Kier alpha value is -0.0900. The van der Waals surface area contributed by atoms with Crippen LogP contribution in [0.15, 0.2) is 0 Å². The first-order valence-electron chi connectivity index (χ1n) is 5.66. The number of halogens is 1. The number of alkyl halides is 1. The van der Waals surface area contributed by atoms with Gasteiger partial charge in [-0.25, -0.2) is 0 Å². The Morgan fingerprint density at radius 1 is 1.33 bits per heavy atom. The van der Waals surface area contributed by atoms with Crippen LogP contribution in [0.1, 0.15) is 26.7 Å². The predicted octanol–water partition coefficient (Wildman–Crippen LogP) is 1.80.